The van der Waals surface area contributed by atoms with Crippen LogP contribution in [0.4, 0.5) is 0 Å². The normalized spacial score (nSPS) is 11.9. The first-order valence-corrected chi connectivity index (χ1v) is 5.59. The van der Waals surface area contributed by atoms with Crippen molar-refractivity contribution in [2.75, 3.05) is 7.11 Å². The van der Waals surface area contributed by atoms with Crippen LogP contribution >= 0.6 is 0 Å². The summed E-state index contributed by atoms with van der Waals surface area (Å²) in [7, 11) is 1.59. The average molecular weight is 251 g/mol. The van der Waals surface area contributed by atoms with Crippen LogP contribution < -0.4 is 5.32 Å². The monoisotopic (exact) mass is 251 g/mol. The minimum Gasteiger partial charge on any atom is -0.481 e. The van der Waals surface area contributed by atoms with E-state index in [0.29, 0.717) is 6.61 Å². The Kier molecular flexibility index (Phi) is 5.32. The summed E-state index contributed by atoms with van der Waals surface area (Å²) in [5.41, 5.74) is 1.71. The van der Waals surface area contributed by atoms with Crippen LogP contribution in [-0.2, 0) is 20.9 Å². The van der Waals surface area contributed by atoms with Crippen molar-refractivity contribution >= 4 is 11.9 Å². The van der Waals surface area contributed by atoms with E-state index >= 15 is 0 Å². The number of ether oxygens (including phenoxy) is 1. The van der Waals surface area contributed by atoms with Gasteiger partial charge in [0.2, 0.25) is 5.91 Å². The maximum Gasteiger partial charge on any atom is 0.305 e. The third kappa shape index (κ3) is 4.55. The summed E-state index contributed by atoms with van der Waals surface area (Å²) in [4.78, 5) is 21.9. The number of carboxylic acids is 1. The maximum absolute atomic E-state index is 11.1. The van der Waals surface area contributed by atoms with Crippen LogP contribution in [0.1, 0.15) is 30.5 Å². The molecule has 2 N–H and O–H groups in total. The zero-order valence-corrected chi connectivity index (χ0v) is 10.5. The molecule has 0 aliphatic carbocycles. The molecule has 0 saturated heterocycles. The van der Waals surface area contributed by atoms with Gasteiger partial charge in [0.1, 0.15) is 0 Å². The van der Waals surface area contributed by atoms with Gasteiger partial charge in [-0.2, -0.15) is 0 Å². The molecule has 0 saturated carbocycles. The highest BCUT2D eigenvalue weighted by Crippen LogP contribution is 2.18. The number of benzene rings is 1. The number of methoxy groups -OCH3 is 1. The number of hydrogen-bond acceptors (Lipinski definition) is 3. The van der Waals surface area contributed by atoms with E-state index in [1.807, 2.05) is 18.2 Å². The van der Waals surface area contributed by atoms with Gasteiger partial charge in [0, 0.05) is 14.0 Å². The predicted molar refractivity (Wildman–Crippen MR) is 66.0 cm³/mol. The van der Waals surface area contributed by atoms with Crippen molar-refractivity contribution < 1.29 is 19.4 Å². The summed E-state index contributed by atoms with van der Waals surface area (Å²) < 4.78 is 5.02. The first-order chi connectivity index (χ1) is 8.52. The highest BCUT2D eigenvalue weighted by Gasteiger charge is 2.16. The molecular formula is C13H17NO4. The number of rotatable bonds is 6. The van der Waals surface area contributed by atoms with Crippen molar-refractivity contribution in [1.29, 1.82) is 0 Å². The SMILES string of the molecule is COCc1cccc([C@H](CC(=O)O)NC(C)=O)c1. The summed E-state index contributed by atoms with van der Waals surface area (Å²) in [6, 6.07) is 6.83. The summed E-state index contributed by atoms with van der Waals surface area (Å²) in [6.45, 7) is 1.82. The molecule has 18 heavy (non-hydrogen) atoms. The van der Waals surface area contributed by atoms with Gasteiger partial charge in [-0.25, -0.2) is 0 Å². The lowest BCUT2D eigenvalue weighted by Gasteiger charge is -2.17. The fourth-order valence-electron chi connectivity index (χ4n) is 1.74. The van der Waals surface area contributed by atoms with Crippen molar-refractivity contribution in [2.45, 2.75) is 26.0 Å². The van der Waals surface area contributed by atoms with E-state index in [0.717, 1.165) is 11.1 Å². The predicted octanol–water partition coefficient (Wildman–Crippen LogP) is 1.48. The van der Waals surface area contributed by atoms with Gasteiger partial charge < -0.3 is 15.2 Å². The van der Waals surface area contributed by atoms with Gasteiger partial charge in [-0.3, -0.25) is 9.59 Å². The van der Waals surface area contributed by atoms with E-state index in [1.54, 1.807) is 13.2 Å². The van der Waals surface area contributed by atoms with Crippen LogP contribution in [0.25, 0.3) is 0 Å². The first-order valence-electron chi connectivity index (χ1n) is 5.59. The second-order valence-corrected chi connectivity index (χ2v) is 4.03. The largest absolute Gasteiger partial charge is 0.481 e. The lowest BCUT2D eigenvalue weighted by molar-refractivity contribution is -0.137. The fourth-order valence-corrected chi connectivity index (χ4v) is 1.74. The highest BCUT2D eigenvalue weighted by molar-refractivity contribution is 5.75. The zero-order valence-electron chi connectivity index (χ0n) is 10.5. The fraction of sp³-hybridized carbons (Fsp3) is 0.385. The van der Waals surface area contributed by atoms with Gasteiger partial charge in [0.05, 0.1) is 19.1 Å². The molecule has 1 aromatic rings. The Bertz CT molecular complexity index is 415. The van der Waals surface area contributed by atoms with Crippen LogP contribution in [0.2, 0.25) is 0 Å². The van der Waals surface area contributed by atoms with E-state index in [1.165, 1.54) is 6.92 Å². The van der Waals surface area contributed by atoms with Crippen LogP contribution in [-0.4, -0.2) is 24.1 Å². The van der Waals surface area contributed by atoms with Gasteiger partial charge in [-0.1, -0.05) is 24.3 Å². The lowest BCUT2D eigenvalue weighted by atomic mass is 10.0. The van der Waals surface area contributed by atoms with E-state index in [4.69, 9.17) is 9.84 Å². The average Bonchev–Trinajstić information content (AvgIpc) is 2.28. The molecule has 0 aliphatic rings. The van der Waals surface area contributed by atoms with Crippen molar-refractivity contribution in [1.82, 2.24) is 5.32 Å². The minimum absolute atomic E-state index is 0.143. The Morgan fingerprint density at radius 1 is 1.44 bits per heavy atom. The number of carbonyl (C=O) groups excluding carboxylic acids is 1. The minimum atomic E-state index is -0.953. The molecule has 0 heterocycles. The number of amides is 1. The van der Waals surface area contributed by atoms with E-state index in [2.05, 4.69) is 5.32 Å². The van der Waals surface area contributed by atoms with Crippen molar-refractivity contribution in [3.8, 4) is 0 Å². The molecular weight excluding hydrogens is 234 g/mol. The Morgan fingerprint density at radius 3 is 2.72 bits per heavy atom. The summed E-state index contributed by atoms with van der Waals surface area (Å²) in [5.74, 6) is -1.20. The van der Waals surface area contributed by atoms with E-state index < -0.39 is 12.0 Å². The maximum atomic E-state index is 11.1. The molecule has 98 valence electrons. The molecule has 0 spiro atoms. The number of carbonyl (C=O) groups is 2. The molecule has 1 atom stereocenters. The molecule has 5 nitrogen and oxygen atoms in total. The van der Waals surface area contributed by atoms with Crippen LogP contribution in [0, 0.1) is 0 Å². The smallest absolute Gasteiger partial charge is 0.305 e. The van der Waals surface area contributed by atoms with Gasteiger partial charge in [0.25, 0.3) is 0 Å². The van der Waals surface area contributed by atoms with Crippen LogP contribution in [0.15, 0.2) is 24.3 Å². The Labute approximate surface area is 106 Å². The summed E-state index contributed by atoms with van der Waals surface area (Å²) >= 11 is 0. The van der Waals surface area contributed by atoms with Crippen molar-refractivity contribution in [3.05, 3.63) is 35.4 Å². The van der Waals surface area contributed by atoms with Gasteiger partial charge in [-0.15, -0.1) is 0 Å². The number of carboxylic acid groups (broad SMARTS) is 1. The number of aliphatic carboxylic acids is 1. The molecule has 0 radical (unpaired) electrons. The zero-order chi connectivity index (χ0) is 13.5. The highest BCUT2D eigenvalue weighted by atomic mass is 16.5. The standard InChI is InChI=1S/C13H17NO4/c1-9(15)14-12(7-13(16)17)11-5-3-4-10(6-11)8-18-2/h3-6,12H,7-8H2,1-2H3,(H,14,15)(H,16,17)/t12-/m0/s1. The van der Waals surface area contributed by atoms with Gasteiger partial charge >= 0.3 is 5.97 Å². The number of nitrogens with one attached hydrogen (secondary N) is 1. The third-order valence-electron chi connectivity index (χ3n) is 2.42. The lowest BCUT2D eigenvalue weighted by Crippen LogP contribution is -2.28. The van der Waals surface area contributed by atoms with E-state index in [9.17, 15) is 9.59 Å². The molecule has 0 aromatic heterocycles. The second kappa shape index (κ2) is 6.76. The molecule has 0 fully saturated rings. The quantitative estimate of drug-likeness (QED) is 0.803. The Hall–Kier alpha value is -1.88. The van der Waals surface area contributed by atoms with E-state index in [-0.39, 0.29) is 12.3 Å². The number of hydrogen-bond donors (Lipinski definition) is 2. The second-order valence-electron chi connectivity index (χ2n) is 4.03. The third-order valence-corrected chi connectivity index (χ3v) is 2.42. The van der Waals surface area contributed by atoms with Crippen LogP contribution in [0.5, 0.6) is 0 Å². The van der Waals surface area contributed by atoms with Crippen molar-refractivity contribution in [3.63, 3.8) is 0 Å². The molecule has 0 unspecified atom stereocenters. The topological polar surface area (TPSA) is 75.6 Å². The van der Waals surface area contributed by atoms with Gasteiger partial charge in [0.15, 0.2) is 0 Å². The van der Waals surface area contributed by atoms with Gasteiger partial charge in [-0.05, 0) is 11.1 Å². The Balaban J connectivity index is 2.92. The molecule has 0 aliphatic heterocycles. The molecule has 1 rings (SSSR count). The molecule has 1 amide bonds. The molecule has 5 heteroatoms. The molecule has 1 aromatic carbocycles. The Morgan fingerprint density at radius 2 is 2.17 bits per heavy atom. The van der Waals surface area contributed by atoms with Crippen molar-refractivity contribution in [2.24, 2.45) is 0 Å². The first kappa shape index (κ1) is 14.2. The summed E-state index contributed by atoms with van der Waals surface area (Å²) in [5, 5.41) is 11.5. The summed E-state index contributed by atoms with van der Waals surface area (Å²) in [6.07, 6.45) is -0.143. The molecule has 0 bridgehead atoms. The van der Waals surface area contributed by atoms with Crippen LogP contribution in [0.3, 0.4) is 0 Å².